The summed E-state index contributed by atoms with van der Waals surface area (Å²) in [6, 6.07) is 8.15. The molecule has 84 valence electrons. The average molecular weight is 290 g/mol. The van der Waals surface area contributed by atoms with Crippen molar-refractivity contribution in [1.29, 1.82) is 0 Å². The van der Waals surface area contributed by atoms with Crippen LogP contribution in [0.4, 0.5) is 0 Å². The molecule has 0 aliphatic heterocycles. The lowest BCUT2D eigenvalue weighted by atomic mass is 9.76. The Morgan fingerprint density at radius 3 is 2.53 bits per heavy atom. The molecular weight excluding hydrogens is 271 g/mol. The molecule has 1 aromatic rings. The Bertz CT molecular complexity index is 322. The van der Waals surface area contributed by atoms with Crippen LogP contribution in [0.5, 0.6) is 0 Å². The van der Waals surface area contributed by atoms with E-state index in [0.29, 0.717) is 11.3 Å². The van der Waals surface area contributed by atoms with E-state index < -0.39 is 0 Å². The molecule has 0 aliphatic carbocycles. The highest BCUT2D eigenvalue weighted by molar-refractivity contribution is 9.09. The molecule has 2 heteroatoms. The largest absolute Gasteiger partial charge is 0.0922 e. The second-order valence-electron chi connectivity index (χ2n) is 4.75. The summed E-state index contributed by atoms with van der Waals surface area (Å²) in [5.74, 6) is 0.649. The fourth-order valence-corrected chi connectivity index (χ4v) is 2.58. The molecule has 0 saturated heterocycles. The van der Waals surface area contributed by atoms with Crippen molar-refractivity contribution in [1.82, 2.24) is 0 Å². The Hall–Kier alpha value is -0.0100. The lowest BCUT2D eigenvalue weighted by Crippen LogP contribution is -2.28. The van der Waals surface area contributed by atoms with E-state index in [1.54, 1.807) is 0 Å². The summed E-state index contributed by atoms with van der Waals surface area (Å²) in [6.45, 7) is 6.85. The molecular formula is C13H18BrCl. The maximum atomic E-state index is 5.98. The minimum absolute atomic E-state index is 0.296. The zero-order valence-electron chi connectivity index (χ0n) is 9.56. The lowest BCUT2D eigenvalue weighted by molar-refractivity contribution is 0.258. The van der Waals surface area contributed by atoms with Gasteiger partial charge in [0.25, 0.3) is 0 Å². The van der Waals surface area contributed by atoms with E-state index in [1.807, 2.05) is 12.1 Å². The molecule has 0 bridgehead atoms. The van der Waals surface area contributed by atoms with Crippen molar-refractivity contribution in [3.63, 3.8) is 0 Å². The average Bonchev–Trinajstić information content (AvgIpc) is 2.17. The van der Waals surface area contributed by atoms with Gasteiger partial charge in [0.05, 0.1) is 0 Å². The second-order valence-corrected chi connectivity index (χ2v) is 5.75. The molecule has 1 unspecified atom stereocenters. The highest BCUT2D eigenvalue weighted by Gasteiger charge is 2.27. The van der Waals surface area contributed by atoms with E-state index in [0.717, 1.165) is 16.8 Å². The molecule has 0 aliphatic rings. The first-order valence-electron chi connectivity index (χ1n) is 5.28. The normalized spacial score (nSPS) is 15.3. The van der Waals surface area contributed by atoms with Gasteiger partial charge in [-0.05, 0) is 35.4 Å². The van der Waals surface area contributed by atoms with Crippen LogP contribution in [0, 0.1) is 11.3 Å². The molecule has 0 N–H and O–H groups in total. The van der Waals surface area contributed by atoms with Crippen LogP contribution in [0.25, 0.3) is 0 Å². The van der Waals surface area contributed by atoms with Crippen LogP contribution in [0.1, 0.15) is 26.3 Å². The maximum Gasteiger partial charge on any atom is 0.0408 e. The highest BCUT2D eigenvalue weighted by atomic mass is 79.9. The number of hydrogen-bond donors (Lipinski definition) is 0. The number of alkyl halides is 1. The predicted octanol–water partition coefficient (Wildman–Crippen LogP) is 4.94. The number of benzene rings is 1. The maximum absolute atomic E-state index is 5.98. The third-order valence-corrected chi connectivity index (χ3v) is 4.71. The fraction of sp³-hybridized carbons (Fsp3) is 0.538. The van der Waals surface area contributed by atoms with Crippen molar-refractivity contribution >= 4 is 27.5 Å². The zero-order valence-corrected chi connectivity index (χ0v) is 11.9. The summed E-state index contributed by atoms with van der Waals surface area (Å²) in [7, 11) is 0. The quantitative estimate of drug-likeness (QED) is 0.689. The van der Waals surface area contributed by atoms with E-state index in [4.69, 9.17) is 11.6 Å². The van der Waals surface area contributed by atoms with Gasteiger partial charge in [-0.1, -0.05) is 60.4 Å². The first-order chi connectivity index (χ1) is 6.98. The van der Waals surface area contributed by atoms with Crippen LogP contribution in [-0.2, 0) is 6.42 Å². The lowest BCUT2D eigenvalue weighted by Gasteiger charge is -2.32. The predicted molar refractivity (Wildman–Crippen MR) is 71.9 cm³/mol. The van der Waals surface area contributed by atoms with E-state index in [1.165, 1.54) is 5.56 Å². The molecule has 1 aromatic carbocycles. The molecule has 1 atom stereocenters. The van der Waals surface area contributed by atoms with Crippen molar-refractivity contribution in [3.8, 4) is 0 Å². The summed E-state index contributed by atoms with van der Waals surface area (Å²) in [6.07, 6.45) is 1.07. The molecule has 0 radical (unpaired) electrons. The third-order valence-electron chi connectivity index (χ3n) is 3.20. The van der Waals surface area contributed by atoms with Crippen LogP contribution in [0.15, 0.2) is 24.3 Å². The van der Waals surface area contributed by atoms with Crippen molar-refractivity contribution in [2.45, 2.75) is 27.2 Å². The molecule has 0 aromatic heterocycles. The Balaban J connectivity index is 2.84. The highest BCUT2D eigenvalue weighted by Crippen LogP contribution is 2.33. The van der Waals surface area contributed by atoms with Gasteiger partial charge in [0.15, 0.2) is 0 Å². The molecule has 0 amide bonds. The summed E-state index contributed by atoms with van der Waals surface area (Å²) >= 11 is 9.60. The van der Waals surface area contributed by atoms with Gasteiger partial charge in [-0.3, -0.25) is 0 Å². The summed E-state index contributed by atoms with van der Waals surface area (Å²) in [5, 5.41) is 1.85. The van der Waals surface area contributed by atoms with Crippen molar-refractivity contribution in [2.24, 2.45) is 11.3 Å². The SMILES string of the molecule is CC(C)C(C)(CBr)Cc1cccc(Cl)c1. The van der Waals surface area contributed by atoms with E-state index in [2.05, 4.69) is 48.8 Å². The second kappa shape index (κ2) is 5.36. The van der Waals surface area contributed by atoms with Crippen molar-refractivity contribution in [3.05, 3.63) is 34.9 Å². The van der Waals surface area contributed by atoms with Gasteiger partial charge in [-0.25, -0.2) is 0 Å². The van der Waals surface area contributed by atoms with Gasteiger partial charge in [0, 0.05) is 10.4 Å². The Morgan fingerprint density at radius 2 is 2.07 bits per heavy atom. The molecule has 0 saturated carbocycles. The minimum Gasteiger partial charge on any atom is -0.0922 e. The Kier molecular flexibility index (Phi) is 4.66. The topological polar surface area (TPSA) is 0 Å². The summed E-state index contributed by atoms with van der Waals surface area (Å²) in [4.78, 5) is 0. The third kappa shape index (κ3) is 3.49. The van der Waals surface area contributed by atoms with E-state index in [9.17, 15) is 0 Å². The van der Waals surface area contributed by atoms with Crippen molar-refractivity contribution < 1.29 is 0 Å². The van der Waals surface area contributed by atoms with Crippen LogP contribution < -0.4 is 0 Å². The molecule has 1 rings (SSSR count). The molecule has 0 fully saturated rings. The number of rotatable bonds is 4. The van der Waals surface area contributed by atoms with Gasteiger partial charge in [0.2, 0.25) is 0 Å². The van der Waals surface area contributed by atoms with E-state index in [-0.39, 0.29) is 0 Å². The smallest absolute Gasteiger partial charge is 0.0408 e. The fourth-order valence-electron chi connectivity index (χ4n) is 1.52. The monoisotopic (exact) mass is 288 g/mol. The molecule has 0 heterocycles. The number of hydrogen-bond acceptors (Lipinski definition) is 0. The standard InChI is InChI=1S/C13H18BrCl/c1-10(2)13(3,9-14)8-11-5-4-6-12(15)7-11/h4-7,10H,8-9H2,1-3H3. The van der Waals surface area contributed by atoms with Gasteiger partial charge in [-0.15, -0.1) is 0 Å². The van der Waals surface area contributed by atoms with Crippen LogP contribution in [0.3, 0.4) is 0 Å². The Labute approximate surface area is 106 Å². The number of halogens is 2. The molecule has 0 nitrogen and oxygen atoms in total. The summed E-state index contributed by atoms with van der Waals surface area (Å²) < 4.78 is 0. The van der Waals surface area contributed by atoms with Gasteiger partial charge in [0.1, 0.15) is 0 Å². The first kappa shape index (κ1) is 13.1. The van der Waals surface area contributed by atoms with Crippen LogP contribution in [0.2, 0.25) is 5.02 Å². The van der Waals surface area contributed by atoms with Crippen LogP contribution >= 0.6 is 27.5 Å². The van der Waals surface area contributed by atoms with E-state index >= 15 is 0 Å². The summed E-state index contributed by atoms with van der Waals surface area (Å²) in [5.41, 5.74) is 1.61. The van der Waals surface area contributed by atoms with Gasteiger partial charge < -0.3 is 0 Å². The zero-order chi connectivity index (χ0) is 11.5. The molecule has 0 spiro atoms. The van der Waals surface area contributed by atoms with Crippen LogP contribution in [-0.4, -0.2) is 5.33 Å². The van der Waals surface area contributed by atoms with Gasteiger partial charge in [-0.2, -0.15) is 0 Å². The minimum atomic E-state index is 0.296. The van der Waals surface area contributed by atoms with Crippen molar-refractivity contribution in [2.75, 3.05) is 5.33 Å². The van der Waals surface area contributed by atoms with Gasteiger partial charge >= 0.3 is 0 Å². The Morgan fingerprint density at radius 1 is 1.40 bits per heavy atom. The first-order valence-corrected chi connectivity index (χ1v) is 6.78. The molecule has 15 heavy (non-hydrogen) atoms.